The van der Waals surface area contributed by atoms with E-state index in [4.69, 9.17) is 5.73 Å². The van der Waals surface area contributed by atoms with E-state index in [2.05, 4.69) is 28.6 Å². The van der Waals surface area contributed by atoms with Gasteiger partial charge in [-0.1, -0.05) is 31.2 Å². The monoisotopic (exact) mass is 350 g/mol. The van der Waals surface area contributed by atoms with Crippen LogP contribution in [0.5, 0.6) is 0 Å². The van der Waals surface area contributed by atoms with E-state index in [1.54, 1.807) is 0 Å². The van der Waals surface area contributed by atoms with Crippen LogP contribution in [0, 0.1) is 0 Å². The van der Waals surface area contributed by atoms with Crippen molar-refractivity contribution in [1.82, 2.24) is 0 Å². The summed E-state index contributed by atoms with van der Waals surface area (Å²) in [6, 6.07) is 14.0. The fraction of sp³-hybridized carbons (Fsp3) is 0.333. The number of carbonyl (C=O) groups excluding carboxylic acids is 1. The van der Waals surface area contributed by atoms with Crippen molar-refractivity contribution in [2.24, 2.45) is 10.7 Å². The van der Waals surface area contributed by atoms with Gasteiger partial charge in [-0.3, -0.25) is 4.79 Å². The second kappa shape index (κ2) is 8.52. The normalized spacial score (nSPS) is 13.8. The molecule has 136 valence electrons. The molecule has 1 aliphatic rings. The maximum atomic E-state index is 12.1. The molecule has 5 heteroatoms. The van der Waals surface area contributed by atoms with E-state index in [1.807, 2.05) is 36.4 Å². The number of aryl methyl sites for hydroxylation is 2. The molecule has 1 amide bonds. The number of nitrogens with two attached hydrogens (primary N) is 1. The van der Waals surface area contributed by atoms with Crippen LogP contribution in [0.4, 0.5) is 11.4 Å². The highest BCUT2D eigenvalue weighted by Crippen LogP contribution is 2.27. The summed E-state index contributed by atoms with van der Waals surface area (Å²) in [5.41, 5.74) is 11.6. The topological polar surface area (TPSA) is 79.5 Å². The molecule has 0 aromatic heterocycles. The maximum absolute atomic E-state index is 12.1. The van der Waals surface area contributed by atoms with Crippen molar-refractivity contribution in [2.45, 2.75) is 39.0 Å². The van der Waals surface area contributed by atoms with Gasteiger partial charge in [0.1, 0.15) is 6.54 Å². The van der Waals surface area contributed by atoms with E-state index in [9.17, 15) is 4.79 Å². The highest BCUT2D eigenvalue weighted by atomic mass is 16.1. The van der Waals surface area contributed by atoms with Crippen LogP contribution < -0.4 is 16.4 Å². The molecule has 3 rings (SSSR count). The first-order valence-electron chi connectivity index (χ1n) is 9.22. The second-order valence-corrected chi connectivity index (χ2v) is 6.58. The zero-order chi connectivity index (χ0) is 18.4. The summed E-state index contributed by atoms with van der Waals surface area (Å²) in [4.78, 5) is 16.3. The van der Waals surface area contributed by atoms with Crippen molar-refractivity contribution in [2.75, 3.05) is 17.2 Å². The number of rotatable bonds is 5. The molecule has 5 nitrogen and oxygen atoms in total. The predicted molar refractivity (Wildman–Crippen MR) is 108 cm³/mol. The Morgan fingerprint density at radius 3 is 2.77 bits per heavy atom. The number of anilines is 2. The van der Waals surface area contributed by atoms with Gasteiger partial charge in [-0.2, -0.15) is 0 Å². The lowest BCUT2D eigenvalue weighted by Gasteiger charge is -2.19. The van der Waals surface area contributed by atoms with Crippen LogP contribution in [0.1, 0.15) is 36.5 Å². The first kappa shape index (κ1) is 18.0. The standard InChI is InChI=1S/C21H26N4O/c1-2-15-7-5-10-17(13-15)24-20(26)14-23-21(22)25-19-12-6-9-16-8-3-4-11-18(16)19/h5-7,9-10,12-13H,2-4,8,11,14H2,1H3,(H,24,26)(H3,22,23,25). The van der Waals surface area contributed by atoms with Crippen molar-refractivity contribution < 1.29 is 4.79 Å². The highest BCUT2D eigenvalue weighted by molar-refractivity contribution is 5.97. The summed E-state index contributed by atoms with van der Waals surface area (Å²) in [6.07, 6.45) is 5.53. The number of nitrogens with one attached hydrogen (secondary N) is 2. The lowest BCUT2D eigenvalue weighted by atomic mass is 9.90. The van der Waals surface area contributed by atoms with Crippen LogP contribution in [0.25, 0.3) is 0 Å². The zero-order valence-electron chi connectivity index (χ0n) is 15.2. The minimum Gasteiger partial charge on any atom is -0.370 e. The number of aliphatic imine (C=N–C) groups is 1. The van der Waals surface area contributed by atoms with Gasteiger partial charge in [-0.15, -0.1) is 0 Å². The largest absolute Gasteiger partial charge is 0.370 e. The van der Waals surface area contributed by atoms with Crippen molar-refractivity contribution in [1.29, 1.82) is 0 Å². The molecular weight excluding hydrogens is 324 g/mol. The van der Waals surface area contributed by atoms with E-state index in [1.165, 1.54) is 29.5 Å². The fourth-order valence-corrected chi connectivity index (χ4v) is 3.30. The average molecular weight is 350 g/mol. The summed E-state index contributed by atoms with van der Waals surface area (Å²) in [5, 5.41) is 6.01. The van der Waals surface area contributed by atoms with Gasteiger partial charge in [0.25, 0.3) is 0 Å². The van der Waals surface area contributed by atoms with Crippen molar-refractivity contribution in [3.63, 3.8) is 0 Å². The van der Waals surface area contributed by atoms with Gasteiger partial charge < -0.3 is 16.4 Å². The number of hydrogen-bond donors (Lipinski definition) is 3. The third kappa shape index (κ3) is 4.63. The summed E-state index contributed by atoms with van der Waals surface area (Å²) in [6.45, 7) is 2.07. The Morgan fingerprint density at radius 1 is 1.12 bits per heavy atom. The zero-order valence-corrected chi connectivity index (χ0v) is 15.2. The van der Waals surface area contributed by atoms with Crippen molar-refractivity contribution >= 4 is 23.2 Å². The smallest absolute Gasteiger partial charge is 0.246 e. The lowest BCUT2D eigenvalue weighted by Crippen LogP contribution is -2.26. The maximum Gasteiger partial charge on any atom is 0.246 e. The van der Waals surface area contributed by atoms with Crippen LogP contribution in [0.2, 0.25) is 0 Å². The molecule has 26 heavy (non-hydrogen) atoms. The van der Waals surface area contributed by atoms with Crippen molar-refractivity contribution in [3.8, 4) is 0 Å². The van der Waals surface area contributed by atoms with Crippen LogP contribution in [0.15, 0.2) is 47.5 Å². The third-order valence-electron chi connectivity index (χ3n) is 4.67. The molecular formula is C21H26N4O. The van der Waals surface area contributed by atoms with Gasteiger partial charge in [-0.25, -0.2) is 4.99 Å². The highest BCUT2D eigenvalue weighted by Gasteiger charge is 2.13. The first-order chi connectivity index (χ1) is 12.7. The molecule has 4 N–H and O–H groups in total. The Morgan fingerprint density at radius 2 is 1.92 bits per heavy atom. The molecule has 0 radical (unpaired) electrons. The van der Waals surface area contributed by atoms with E-state index < -0.39 is 0 Å². The number of carbonyl (C=O) groups is 1. The van der Waals surface area contributed by atoms with Gasteiger partial charge >= 0.3 is 0 Å². The van der Waals surface area contributed by atoms with E-state index in [0.717, 1.165) is 30.6 Å². The van der Waals surface area contributed by atoms with Crippen LogP contribution in [-0.4, -0.2) is 18.4 Å². The number of fused-ring (bicyclic) bond motifs is 1. The van der Waals surface area contributed by atoms with Gasteiger partial charge in [0, 0.05) is 11.4 Å². The average Bonchev–Trinajstić information content (AvgIpc) is 2.67. The molecule has 0 fully saturated rings. The van der Waals surface area contributed by atoms with Gasteiger partial charge in [0.15, 0.2) is 5.96 Å². The van der Waals surface area contributed by atoms with E-state index in [0.29, 0.717) is 0 Å². The minimum atomic E-state index is -0.182. The number of hydrogen-bond acceptors (Lipinski definition) is 2. The summed E-state index contributed by atoms with van der Waals surface area (Å²) >= 11 is 0. The Balaban J connectivity index is 1.59. The number of benzene rings is 2. The van der Waals surface area contributed by atoms with E-state index in [-0.39, 0.29) is 18.4 Å². The number of amides is 1. The van der Waals surface area contributed by atoms with Crippen LogP contribution in [0.3, 0.4) is 0 Å². The molecule has 0 saturated carbocycles. The molecule has 0 unspecified atom stereocenters. The quantitative estimate of drug-likeness (QED) is 0.570. The Hall–Kier alpha value is -2.82. The molecule has 0 spiro atoms. The Kier molecular flexibility index (Phi) is 5.89. The fourth-order valence-electron chi connectivity index (χ4n) is 3.30. The van der Waals surface area contributed by atoms with Crippen molar-refractivity contribution in [3.05, 3.63) is 59.2 Å². The molecule has 0 heterocycles. The lowest BCUT2D eigenvalue weighted by molar-refractivity contribution is -0.114. The molecule has 0 atom stereocenters. The molecule has 0 bridgehead atoms. The number of nitrogens with zero attached hydrogens (tertiary/aromatic N) is 1. The van der Waals surface area contributed by atoms with Gasteiger partial charge in [0.05, 0.1) is 0 Å². The Bertz CT molecular complexity index is 813. The van der Waals surface area contributed by atoms with Crippen LogP contribution in [-0.2, 0) is 24.1 Å². The van der Waals surface area contributed by atoms with E-state index >= 15 is 0 Å². The first-order valence-corrected chi connectivity index (χ1v) is 9.22. The molecule has 0 aliphatic heterocycles. The third-order valence-corrected chi connectivity index (χ3v) is 4.67. The Labute approximate surface area is 154 Å². The van der Waals surface area contributed by atoms with Gasteiger partial charge in [0.2, 0.25) is 5.91 Å². The molecule has 1 aliphatic carbocycles. The second-order valence-electron chi connectivity index (χ2n) is 6.58. The van der Waals surface area contributed by atoms with Crippen LogP contribution >= 0.6 is 0 Å². The predicted octanol–water partition coefficient (Wildman–Crippen LogP) is 3.49. The molecule has 2 aromatic rings. The summed E-state index contributed by atoms with van der Waals surface area (Å²) in [5.74, 6) is 0.0829. The molecule has 2 aromatic carbocycles. The van der Waals surface area contributed by atoms with Gasteiger partial charge in [-0.05, 0) is 67.0 Å². The number of guanidine groups is 1. The SMILES string of the molecule is CCc1cccc(NC(=O)CN=C(N)Nc2cccc3c2CCCC3)c1. The minimum absolute atomic E-state index is 0.00971. The summed E-state index contributed by atoms with van der Waals surface area (Å²) in [7, 11) is 0. The summed E-state index contributed by atoms with van der Waals surface area (Å²) < 4.78 is 0. The molecule has 0 saturated heterocycles.